The molecular weight excluding hydrogens is 1090 g/mol. The molecule has 13 N–H and O–H groups in total. The van der Waals surface area contributed by atoms with E-state index in [1.54, 1.807) is 51.7 Å². The summed E-state index contributed by atoms with van der Waals surface area (Å²) in [7, 11) is 1.44. The van der Waals surface area contributed by atoms with Gasteiger partial charge in [-0.1, -0.05) is 27.2 Å². The Morgan fingerprint density at radius 2 is 1.59 bits per heavy atom. The second-order valence-electron chi connectivity index (χ2n) is 21.6. The third-order valence-corrected chi connectivity index (χ3v) is 17.3. The Labute approximate surface area is 469 Å². The lowest BCUT2D eigenvalue weighted by molar-refractivity contribution is -0.143. The number of carbonyl (C=O) groups is 10. The van der Waals surface area contributed by atoms with Crippen molar-refractivity contribution in [1.82, 2.24) is 52.0 Å². The van der Waals surface area contributed by atoms with Gasteiger partial charge in [-0.3, -0.25) is 43.2 Å². The summed E-state index contributed by atoms with van der Waals surface area (Å²) in [5.41, 5.74) is 5.79. The molecule has 0 radical (unpaired) electrons. The fraction of sp³-hybridized carbons (Fsp3) is 0.647. The number of hydrogen-bond donors (Lipinski definition) is 12. The van der Waals surface area contributed by atoms with Gasteiger partial charge in [0.1, 0.15) is 47.3 Å². The number of hydrogen-bond acceptors (Lipinski definition) is 17. The highest BCUT2D eigenvalue weighted by molar-refractivity contribution is 7.99. The quantitative estimate of drug-likeness (QED) is 0.0944. The van der Waals surface area contributed by atoms with Crippen molar-refractivity contribution in [3.8, 4) is 5.75 Å². The first-order valence-corrected chi connectivity index (χ1v) is 28.9. The van der Waals surface area contributed by atoms with Crippen LogP contribution in [0.25, 0.3) is 10.9 Å². The summed E-state index contributed by atoms with van der Waals surface area (Å²) in [5, 5.41) is 49.8. The number of aliphatic hydroxyl groups excluding tert-OH is 3. The molecule has 0 saturated carbocycles. The third kappa shape index (κ3) is 15.7. The first kappa shape index (κ1) is 62.8. The zero-order chi connectivity index (χ0) is 58.9. The van der Waals surface area contributed by atoms with Gasteiger partial charge in [0.25, 0.3) is 0 Å². The van der Waals surface area contributed by atoms with Crippen molar-refractivity contribution in [2.24, 2.45) is 17.6 Å². The van der Waals surface area contributed by atoms with Gasteiger partial charge in [0.05, 0.1) is 44.5 Å². The number of nitrogens with two attached hydrogens (primary N) is 1. The van der Waals surface area contributed by atoms with E-state index >= 15 is 4.55 Å². The second-order valence-corrected chi connectivity index (χ2v) is 24.3. The summed E-state index contributed by atoms with van der Waals surface area (Å²) >= 11 is -0.928. The molecule has 2 fully saturated rings. The molecule has 0 spiro atoms. The molecule has 3 unspecified atom stereocenters. The Kier molecular flexibility index (Phi) is 21.5. The Balaban J connectivity index is 1.55. The van der Waals surface area contributed by atoms with Crippen molar-refractivity contribution in [3.63, 3.8) is 0 Å². The van der Waals surface area contributed by atoms with Crippen LogP contribution in [0.1, 0.15) is 84.8 Å². The minimum Gasteiger partial charge on any atom is -0.610 e. The predicted octanol–water partition coefficient (Wildman–Crippen LogP) is -2.98. The molecule has 0 aliphatic carbocycles. The molecule has 27 nitrogen and oxygen atoms in total. The number of aliphatic hydroxyl groups is 3. The molecule has 80 heavy (non-hydrogen) atoms. The van der Waals surface area contributed by atoms with Crippen LogP contribution in [0.3, 0.4) is 0 Å². The number of thioether (sulfide) groups is 1. The monoisotopic (exact) mass is 1160 g/mol. The van der Waals surface area contributed by atoms with E-state index in [0.29, 0.717) is 48.1 Å². The molecule has 29 heteroatoms. The summed E-state index contributed by atoms with van der Waals surface area (Å²) in [6.07, 6.45) is -4.37. The van der Waals surface area contributed by atoms with Crippen LogP contribution in [-0.4, -0.2) is 205 Å². The number of aromatic amines is 1. The van der Waals surface area contributed by atoms with Crippen molar-refractivity contribution in [2.75, 3.05) is 52.2 Å². The molecular formula is C51H75N11O16S2. The number of benzene rings is 1. The Bertz CT molecular complexity index is 2670. The highest BCUT2D eigenvalue weighted by Crippen LogP contribution is 2.38. The normalized spacial score (nSPS) is 27.3. The number of rotatable bonds is 12. The van der Waals surface area contributed by atoms with Crippen molar-refractivity contribution in [3.05, 3.63) is 23.3 Å². The van der Waals surface area contributed by atoms with Gasteiger partial charge in [0.2, 0.25) is 58.2 Å². The molecule has 10 amide bonds. The van der Waals surface area contributed by atoms with Crippen LogP contribution in [0.2, 0.25) is 0 Å². The topological polar surface area (TPSA) is 405 Å². The predicted molar refractivity (Wildman–Crippen MR) is 289 cm³/mol. The first-order chi connectivity index (χ1) is 37.7. The molecule has 12 atom stereocenters. The van der Waals surface area contributed by atoms with E-state index in [1.807, 2.05) is 0 Å². The zero-order valence-electron chi connectivity index (χ0n) is 45.8. The van der Waals surface area contributed by atoms with E-state index in [0.717, 1.165) is 4.90 Å². The van der Waals surface area contributed by atoms with Gasteiger partial charge < -0.3 is 87.1 Å². The van der Waals surface area contributed by atoms with E-state index in [-0.39, 0.29) is 21.6 Å². The standard InChI is InChI=1S/C51H75N11O16S2/c1-8-24(2)40-46(72)54-17-38(67)55-33-23-80(76)48-29(28-9-11-36(77-7)30(42(28)60-48)22-79-27-13-14-61(20-27)50(75)78-51(4,5)6)16-32(43(69)53-18-39(68)58-40)57-47(73)41(25(3)35(65)21-63)59-45(71)34-15-26(64)19-62(34)49(74)31(56-44(33)70)10-12-37(52)66/h9,11,24-27,31-35,40-41,60,63-65H,8,10,12-23H2,1-7H3,(H2,52,66)(H,53,69)(H,54,72)(H,55,67)(H,56,70)(H,57,73)(H,58,68)(H,59,71)/t24-,25-,26?,27?,31-,32-,33-,34-,35-,40-,41-,80?/m0/s1. The highest BCUT2D eigenvalue weighted by atomic mass is 32.2. The lowest BCUT2D eigenvalue weighted by atomic mass is 9.93. The Morgan fingerprint density at radius 1 is 0.900 bits per heavy atom. The maximum absolute atomic E-state index is 15.3. The van der Waals surface area contributed by atoms with Gasteiger partial charge in [-0.25, -0.2) is 4.79 Å². The van der Waals surface area contributed by atoms with Crippen LogP contribution in [0, 0.1) is 11.8 Å². The van der Waals surface area contributed by atoms with Crippen LogP contribution in [-0.2, 0) is 71.2 Å². The fourth-order valence-electron chi connectivity index (χ4n) is 9.85. The van der Waals surface area contributed by atoms with E-state index in [4.69, 9.17) is 15.2 Å². The molecule has 2 bridgehead atoms. The van der Waals surface area contributed by atoms with Gasteiger partial charge in [0.15, 0.2) is 6.04 Å². The van der Waals surface area contributed by atoms with E-state index in [2.05, 4.69) is 42.2 Å². The number of primary amides is 1. The van der Waals surface area contributed by atoms with Gasteiger partial charge in [0, 0.05) is 83.5 Å². The average molecular weight is 1160 g/mol. The minimum atomic E-state index is -2.42. The number of fused-ring (bicyclic) bond motifs is 5. The van der Waals surface area contributed by atoms with Crippen LogP contribution >= 0.6 is 11.8 Å². The number of carbonyl (C=O) groups excluding carboxylic acids is 10. The van der Waals surface area contributed by atoms with Crippen LogP contribution in [0.4, 0.5) is 4.79 Å². The van der Waals surface area contributed by atoms with E-state index in [1.165, 1.54) is 25.8 Å². The number of likely N-dealkylation sites (tertiary alicyclic amines) is 1. The maximum atomic E-state index is 15.3. The fourth-order valence-corrected chi connectivity index (χ4v) is 12.5. The van der Waals surface area contributed by atoms with Gasteiger partial charge >= 0.3 is 6.09 Å². The molecule has 4 aliphatic rings. The van der Waals surface area contributed by atoms with Crippen molar-refractivity contribution in [1.29, 1.82) is 0 Å². The van der Waals surface area contributed by atoms with Gasteiger partial charge in [-0.2, -0.15) is 11.8 Å². The molecule has 2 aromatic rings. The summed E-state index contributed by atoms with van der Waals surface area (Å²) in [6.45, 7) is 7.92. The number of methoxy groups -OCH3 is 1. The highest BCUT2D eigenvalue weighted by Gasteiger charge is 2.45. The number of ether oxygens (including phenoxy) is 2. The number of H-pyrrole nitrogens is 1. The van der Waals surface area contributed by atoms with Crippen molar-refractivity contribution in [2.45, 2.75) is 150 Å². The first-order valence-electron chi connectivity index (χ1n) is 26.5. The molecule has 5 heterocycles. The average Bonchev–Trinajstić information content (AvgIpc) is 4.16. The SMILES string of the molecule is CC[C@H](C)[C@@H]1NC(=O)CNC(=O)[C@@H]2Cc3c([nH]c4c(CSC5CCN(C(=O)OC(C)(C)C)C5)c(OC)ccc34)[S+]([O-])C[C@H](NC(=O)CNC1=O)C(=O)N[C@@H](CCC(N)=O)C(=O)N1CC(O)C[C@H]1C(=O)N[C@@H]([C@@H](C)[C@@H](O)CO)C(=O)N2. The molecule has 1 aromatic carbocycles. The second kappa shape index (κ2) is 27.4. The summed E-state index contributed by atoms with van der Waals surface area (Å²) in [4.78, 5) is 146. The number of aromatic nitrogens is 1. The Hall–Kier alpha value is -6.40. The van der Waals surface area contributed by atoms with Gasteiger partial charge in [-0.15, -0.1) is 0 Å². The lowest BCUT2D eigenvalue weighted by Crippen LogP contribution is -2.62. The number of amides is 10. The molecule has 6 rings (SSSR count). The summed E-state index contributed by atoms with van der Waals surface area (Å²) in [6, 6.07) is -6.59. The third-order valence-electron chi connectivity index (χ3n) is 14.5. The minimum absolute atomic E-state index is 0.0773. The van der Waals surface area contributed by atoms with Crippen LogP contribution < -0.4 is 47.7 Å². The summed E-state index contributed by atoms with van der Waals surface area (Å²) < 4.78 is 26.8. The van der Waals surface area contributed by atoms with Crippen molar-refractivity contribution >= 4 is 93.1 Å². The van der Waals surface area contributed by atoms with Crippen LogP contribution in [0.5, 0.6) is 5.75 Å². The molecule has 2 saturated heterocycles. The number of nitrogens with zero attached hydrogens (tertiary/aromatic N) is 2. The lowest BCUT2D eigenvalue weighted by Gasteiger charge is -2.33. The largest absolute Gasteiger partial charge is 0.610 e. The number of nitrogens with one attached hydrogen (secondary N) is 8. The van der Waals surface area contributed by atoms with E-state index < -0.39 is 194 Å². The van der Waals surface area contributed by atoms with E-state index in [9.17, 15) is 63.3 Å². The van der Waals surface area contributed by atoms with Crippen molar-refractivity contribution < 1.29 is 77.3 Å². The maximum Gasteiger partial charge on any atom is 0.410 e. The van der Waals surface area contributed by atoms with Gasteiger partial charge in [-0.05, 0) is 51.7 Å². The summed E-state index contributed by atoms with van der Waals surface area (Å²) in [5.74, 6) is -10.8. The Morgan fingerprint density at radius 3 is 2.24 bits per heavy atom. The molecule has 4 aliphatic heterocycles. The smallest absolute Gasteiger partial charge is 0.410 e. The molecule has 1 aromatic heterocycles. The zero-order valence-corrected chi connectivity index (χ0v) is 47.5. The molecule has 442 valence electrons. The van der Waals surface area contributed by atoms with Crippen LogP contribution in [0.15, 0.2) is 17.2 Å².